The molecule has 4 nitrogen and oxygen atoms in total. The van der Waals surface area contributed by atoms with Crippen molar-refractivity contribution in [2.75, 3.05) is 7.11 Å². The van der Waals surface area contributed by atoms with Gasteiger partial charge >= 0.3 is 5.97 Å². The van der Waals surface area contributed by atoms with Gasteiger partial charge in [-0.15, -0.1) is 0 Å². The molecule has 120 valence electrons. The number of fused-ring (bicyclic) bond motifs is 2. The van der Waals surface area contributed by atoms with Crippen molar-refractivity contribution in [3.63, 3.8) is 0 Å². The highest BCUT2D eigenvalue weighted by molar-refractivity contribution is 6.09. The van der Waals surface area contributed by atoms with Crippen LogP contribution in [0.15, 0.2) is 60.3 Å². The summed E-state index contributed by atoms with van der Waals surface area (Å²) in [6.07, 6.45) is 1.68. The highest BCUT2D eigenvalue weighted by Gasteiger charge is 2.14. The zero-order valence-electron chi connectivity index (χ0n) is 13.5. The van der Waals surface area contributed by atoms with Crippen LogP contribution in [-0.2, 0) is 14.3 Å². The Balaban J connectivity index is 2.34. The molecule has 1 N–H and O–H groups in total. The van der Waals surface area contributed by atoms with Crippen molar-refractivity contribution in [2.24, 2.45) is 0 Å². The molecule has 3 rings (SSSR count). The van der Waals surface area contributed by atoms with Crippen LogP contribution in [0.2, 0.25) is 0 Å². The number of amides is 1. The van der Waals surface area contributed by atoms with Crippen molar-refractivity contribution in [3.8, 4) is 0 Å². The third-order valence-electron chi connectivity index (χ3n) is 3.82. The number of ether oxygens (including phenoxy) is 1. The number of carbonyl (C=O) groups excluding carboxylic acids is 2. The topological polar surface area (TPSA) is 55.4 Å². The normalized spacial score (nSPS) is 11.5. The maximum Gasteiger partial charge on any atom is 0.354 e. The molecule has 3 aromatic carbocycles. The van der Waals surface area contributed by atoms with E-state index in [0.717, 1.165) is 27.1 Å². The first-order chi connectivity index (χ1) is 11.6. The molecular weight excluding hydrogens is 302 g/mol. The Morgan fingerprint density at radius 1 is 0.958 bits per heavy atom. The van der Waals surface area contributed by atoms with Crippen molar-refractivity contribution < 1.29 is 14.3 Å². The molecule has 0 spiro atoms. The van der Waals surface area contributed by atoms with Crippen molar-refractivity contribution in [3.05, 3.63) is 65.9 Å². The fourth-order valence-electron chi connectivity index (χ4n) is 2.79. The van der Waals surface area contributed by atoms with Gasteiger partial charge in [0.25, 0.3) is 0 Å². The maximum absolute atomic E-state index is 12.0. The smallest absolute Gasteiger partial charge is 0.354 e. The first-order valence-electron chi connectivity index (χ1n) is 7.58. The first kappa shape index (κ1) is 15.7. The Morgan fingerprint density at radius 3 is 2.00 bits per heavy atom. The number of hydrogen-bond donors (Lipinski definition) is 1. The molecule has 0 saturated carbocycles. The zero-order chi connectivity index (χ0) is 17.1. The molecule has 0 atom stereocenters. The Morgan fingerprint density at radius 2 is 1.50 bits per heavy atom. The molecule has 24 heavy (non-hydrogen) atoms. The Bertz CT molecular complexity index is 919. The summed E-state index contributed by atoms with van der Waals surface area (Å²) in [7, 11) is 1.29. The van der Waals surface area contributed by atoms with E-state index in [0.29, 0.717) is 0 Å². The fourth-order valence-corrected chi connectivity index (χ4v) is 2.79. The third kappa shape index (κ3) is 2.99. The number of rotatable bonds is 3. The van der Waals surface area contributed by atoms with E-state index in [1.54, 1.807) is 6.08 Å². The molecule has 0 fully saturated rings. The second-order valence-electron chi connectivity index (χ2n) is 5.46. The van der Waals surface area contributed by atoms with Gasteiger partial charge in [0, 0.05) is 6.92 Å². The maximum atomic E-state index is 12.0. The SMILES string of the molecule is COC(=O)/C(=C/c1c2ccccc2cc2ccccc12)NC(C)=O. The van der Waals surface area contributed by atoms with Crippen LogP contribution in [0.25, 0.3) is 27.6 Å². The number of benzene rings is 3. The molecule has 1 amide bonds. The van der Waals surface area contributed by atoms with E-state index in [9.17, 15) is 9.59 Å². The van der Waals surface area contributed by atoms with E-state index in [1.165, 1.54) is 14.0 Å². The Kier molecular flexibility index (Phi) is 4.29. The quantitative estimate of drug-likeness (QED) is 0.455. The van der Waals surface area contributed by atoms with Crippen LogP contribution in [0.1, 0.15) is 12.5 Å². The van der Waals surface area contributed by atoms with Gasteiger partial charge in [-0.3, -0.25) is 4.79 Å². The van der Waals surface area contributed by atoms with Gasteiger partial charge in [-0.2, -0.15) is 0 Å². The Labute approximate surface area is 139 Å². The standard InChI is InChI=1S/C20H17NO3/c1-13(22)21-19(20(23)24-2)12-18-16-9-5-3-7-14(16)11-15-8-4-6-10-17(15)18/h3-12H,1-2H3,(H,21,22)/b19-12-. The third-order valence-corrected chi connectivity index (χ3v) is 3.82. The summed E-state index contributed by atoms with van der Waals surface area (Å²) >= 11 is 0. The molecule has 0 radical (unpaired) electrons. The Hall–Kier alpha value is -3.14. The summed E-state index contributed by atoms with van der Waals surface area (Å²) in [5.41, 5.74) is 0.990. The fraction of sp³-hybridized carbons (Fsp3) is 0.100. The van der Waals surface area contributed by atoms with Crippen LogP contribution in [0.3, 0.4) is 0 Å². The van der Waals surface area contributed by atoms with Crippen molar-refractivity contribution in [1.82, 2.24) is 5.32 Å². The molecule has 0 heterocycles. The number of esters is 1. The molecular formula is C20H17NO3. The van der Waals surface area contributed by atoms with Crippen LogP contribution < -0.4 is 5.32 Å². The van der Waals surface area contributed by atoms with E-state index < -0.39 is 5.97 Å². The van der Waals surface area contributed by atoms with Gasteiger partial charge < -0.3 is 10.1 Å². The summed E-state index contributed by atoms with van der Waals surface area (Å²) < 4.78 is 4.79. The lowest BCUT2D eigenvalue weighted by Crippen LogP contribution is -2.25. The summed E-state index contributed by atoms with van der Waals surface area (Å²) in [6.45, 7) is 1.36. The highest BCUT2D eigenvalue weighted by Crippen LogP contribution is 2.30. The predicted molar refractivity (Wildman–Crippen MR) is 95.3 cm³/mol. The summed E-state index contributed by atoms with van der Waals surface area (Å²) in [5, 5.41) is 6.69. The average Bonchev–Trinajstić information content (AvgIpc) is 2.59. The van der Waals surface area contributed by atoms with E-state index in [-0.39, 0.29) is 11.6 Å². The van der Waals surface area contributed by atoms with Gasteiger partial charge in [-0.05, 0) is 39.3 Å². The second-order valence-corrected chi connectivity index (χ2v) is 5.46. The van der Waals surface area contributed by atoms with Crippen LogP contribution in [0, 0.1) is 0 Å². The number of nitrogens with one attached hydrogen (secondary N) is 1. The summed E-state index contributed by atoms with van der Waals surface area (Å²) in [4.78, 5) is 23.5. The minimum Gasteiger partial charge on any atom is -0.464 e. The molecule has 0 aliphatic heterocycles. The second kappa shape index (κ2) is 6.54. The first-order valence-corrected chi connectivity index (χ1v) is 7.58. The van der Waals surface area contributed by atoms with Gasteiger partial charge in [0.05, 0.1) is 7.11 Å². The minimum atomic E-state index is -0.581. The molecule has 0 unspecified atom stereocenters. The van der Waals surface area contributed by atoms with Gasteiger partial charge in [0.15, 0.2) is 0 Å². The lowest BCUT2D eigenvalue weighted by atomic mass is 9.96. The molecule has 0 aromatic heterocycles. The largest absolute Gasteiger partial charge is 0.464 e. The summed E-state index contributed by atoms with van der Waals surface area (Å²) in [5.74, 6) is -0.904. The molecule has 0 aliphatic rings. The molecule has 4 heteroatoms. The number of hydrogen-bond acceptors (Lipinski definition) is 3. The van der Waals surface area contributed by atoms with Crippen LogP contribution in [-0.4, -0.2) is 19.0 Å². The van der Waals surface area contributed by atoms with Gasteiger partial charge in [0.2, 0.25) is 5.91 Å². The van der Waals surface area contributed by atoms with E-state index >= 15 is 0 Å². The van der Waals surface area contributed by atoms with Crippen molar-refractivity contribution in [1.29, 1.82) is 0 Å². The van der Waals surface area contributed by atoms with Crippen LogP contribution in [0.5, 0.6) is 0 Å². The number of carbonyl (C=O) groups is 2. The molecule has 3 aromatic rings. The molecule has 0 bridgehead atoms. The van der Waals surface area contributed by atoms with Crippen molar-refractivity contribution >= 4 is 39.5 Å². The van der Waals surface area contributed by atoms with E-state index in [2.05, 4.69) is 11.4 Å². The molecule has 0 aliphatic carbocycles. The number of methoxy groups -OCH3 is 1. The van der Waals surface area contributed by atoms with Crippen LogP contribution >= 0.6 is 0 Å². The summed E-state index contributed by atoms with van der Waals surface area (Å²) in [6, 6.07) is 18.0. The van der Waals surface area contributed by atoms with Gasteiger partial charge in [-0.25, -0.2) is 4.79 Å². The predicted octanol–water partition coefficient (Wildman–Crippen LogP) is 3.64. The molecule has 0 saturated heterocycles. The average molecular weight is 319 g/mol. The minimum absolute atomic E-state index is 0.117. The monoisotopic (exact) mass is 319 g/mol. The van der Waals surface area contributed by atoms with Crippen molar-refractivity contribution in [2.45, 2.75) is 6.92 Å². The van der Waals surface area contributed by atoms with Crippen LogP contribution in [0.4, 0.5) is 0 Å². The van der Waals surface area contributed by atoms with E-state index in [1.807, 2.05) is 48.5 Å². The van der Waals surface area contributed by atoms with Gasteiger partial charge in [0.1, 0.15) is 5.70 Å². The zero-order valence-corrected chi connectivity index (χ0v) is 13.5. The van der Waals surface area contributed by atoms with Gasteiger partial charge in [-0.1, -0.05) is 48.5 Å². The van der Waals surface area contributed by atoms with E-state index in [4.69, 9.17) is 4.74 Å². The lowest BCUT2D eigenvalue weighted by Gasteiger charge is -2.11. The highest BCUT2D eigenvalue weighted by atomic mass is 16.5. The lowest BCUT2D eigenvalue weighted by molar-refractivity contribution is -0.137.